The minimum Gasteiger partial charge on any atom is -0.482 e. The Hall–Kier alpha value is -3.60. The number of hydrogen-bond acceptors (Lipinski definition) is 5. The Bertz CT molecular complexity index is 1300. The molecule has 0 aliphatic carbocycles. The number of hydrogen-bond donors (Lipinski definition) is 1. The second-order valence-electron chi connectivity index (χ2n) is 6.20. The molecule has 0 fully saturated rings. The molecule has 0 spiro atoms. The monoisotopic (exact) mass is 437 g/mol. The van der Waals surface area contributed by atoms with Crippen molar-refractivity contribution in [2.45, 2.75) is 0 Å². The van der Waals surface area contributed by atoms with Crippen molar-refractivity contribution >= 4 is 45.8 Å². The quantitative estimate of drug-likeness (QED) is 0.491. The van der Waals surface area contributed by atoms with E-state index in [1.54, 1.807) is 18.2 Å². The highest BCUT2D eigenvalue weighted by molar-refractivity contribution is 6.35. The van der Waals surface area contributed by atoms with Crippen LogP contribution in [0.25, 0.3) is 16.7 Å². The fraction of sp³-hybridized carbons (Fsp3) is 0.0476. The Kier molecular flexibility index (Phi) is 5.53. The molecule has 2 aromatic carbocycles. The predicted octanol–water partition coefficient (Wildman–Crippen LogP) is 4.62. The number of nitrogens with one attached hydrogen (secondary N) is 1. The molecule has 4 aromatic rings. The number of nitrogens with zero attached hydrogens (tertiary/aromatic N) is 4. The van der Waals surface area contributed by atoms with E-state index in [4.69, 9.17) is 27.9 Å². The lowest BCUT2D eigenvalue weighted by atomic mass is 10.2. The number of para-hydroxylation sites is 1. The molecule has 148 valence electrons. The van der Waals surface area contributed by atoms with E-state index >= 15 is 0 Å². The van der Waals surface area contributed by atoms with Gasteiger partial charge in [0.1, 0.15) is 17.4 Å². The lowest BCUT2D eigenvalue weighted by molar-refractivity contribution is -0.118. The van der Waals surface area contributed by atoms with Crippen LogP contribution in [0.1, 0.15) is 5.56 Å². The molecule has 0 bridgehead atoms. The number of aromatic nitrogens is 3. The third-order valence-corrected chi connectivity index (χ3v) is 4.73. The van der Waals surface area contributed by atoms with Gasteiger partial charge in [-0.1, -0.05) is 41.4 Å². The molecule has 0 aliphatic rings. The van der Waals surface area contributed by atoms with Crippen LogP contribution in [0.3, 0.4) is 0 Å². The van der Waals surface area contributed by atoms with E-state index < -0.39 is 5.91 Å². The van der Waals surface area contributed by atoms with Crippen molar-refractivity contribution in [3.63, 3.8) is 0 Å². The molecule has 7 nitrogen and oxygen atoms in total. The topological polar surface area (TPSA) is 92.8 Å². The minimum absolute atomic E-state index is 0.197. The van der Waals surface area contributed by atoms with Gasteiger partial charge < -0.3 is 10.1 Å². The van der Waals surface area contributed by atoms with E-state index in [9.17, 15) is 10.1 Å². The summed E-state index contributed by atoms with van der Waals surface area (Å²) >= 11 is 11.9. The molecule has 2 aromatic heterocycles. The van der Waals surface area contributed by atoms with Gasteiger partial charge >= 0.3 is 0 Å². The normalized spacial score (nSPS) is 10.6. The summed E-state index contributed by atoms with van der Waals surface area (Å²) in [6, 6.07) is 18.0. The Labute approximate surface area is 181 Å². The molecule has 4 rings (SSSR count). The average Bonchev–Trinajstić information content (AvgIpc) is 3.15. The first-order valence-electron chi connectivity index (χ1n) is 8.77. The van der Waals surface area contributed by atoms with Crippen molar-refractivity contribution in [2.75, 3.05) is 11.9 Å². The third-order valence-electron chi connectivity index (χ3n) is 4.20. The molecule has 0 unspecified atom stereocenters. The van der Waals surface area contributed by atoms with E-state index in [2.05, 4.69) is 15.4 Å². The lowest BCUT2D eigenvalue weighted by Gasteiger charge is -2.11. The first-order chi connectivity index (χ1) is 14.5. The van der Waals surface area contributed by atoms with Crippen molar-refractivity contribution in [2.24, 2.45) is 0 Å². The molecule has 2 heterocycles. The standard InChI is InChI=1S/C21H13Cl2N5O2/c22-15-6-7-18(16(23)9-15)30-12-20(29)27-21-14(10-24)11-25-28(21)19-8-5-13-3-1-2-4-17(13)26-19/h1-9,11H,12H2,(H,27,29). The van der Waals surface area contributed by atoms with Crippen LogP contribution in [0.5, 0.6) is 5.75 Å². The number of pyridine rings is 1. The molecule has 1 amide bonds. The van der Waals surface area contributed by atoms with Crippen molar-refractivity contribution in [3.8, 4) is 17.6 Å². The van der Waals surface area contributed by atoms with Gasteiger partial charge in [-0.2, -0.15) is 15.0 Å². The number of fused-ring (bicyclic) bond motifs is 1. The fourth-order valence-corrected chi connectivity index (χ4v) is 3.26. The van der Waals surface area contributed by atoms with Crippen LogP contribution >= 0.6 is 23.2 Å². The van der Waals surface area contributed by atoms with Crippen LogP contribution in [0.2, 0.25) is 10.0 Å². The van der Waals surface area contributed by atoms with Gasteiger partial charge in [-0.3, -0.25) is 4.79 Å². The Morgan fingerprint density at radius 2 is 2.00 bits per heavy atom. The summed E-state index contributed by atoms with van der Waals surface area (Å²) in [7, 11) is 0. The van der Waals surface area contributed by atoms with Gasteiger partial charge in [0.15, 0.2) is 18.2 Å². The fourth-order valence-electron chi connectivity index (χ4n) is 2.80. The molecule has 1 N–H and O–H groups in total. The van der Waals surface area contributed by atoms with Crippen molar-refractivity contribution in [1.82, 2.24) is 14.8 Å². The van der Waals surface area contributed by atoms with Crippen LogP contribution in [0.4, 0.5) is 5.82 Å². The number of amides is 1. The molecule has 30 heavy (non-hydrogen) atoms. The average molecular weight is 438 g/mol. The molecule has 0 saturated heterocycles. The Morgan fingerprint density at radius 3 is 2.80 bits per heavy atom. The Balaban J connectivity index is 1.57. The van der Waals surface area contributed by atoms with Gasteiger partial charge in [-0.15, -0.1) is 0 Å². The zero-order valence-electron chi connectivity index (χ0n) is 15.3. The predicted molar refractivity (Wildman–Crippen MR) is 114 cm³/mol. The molecule has 0 saturated carbocycles. The van der Waals surface area contributed by atoms with E-state index in [1.165, 1.54) is 16.9 Å². The summed E-state index contributed by atoms with van der Waals surface area (Å²) < 4.78 is 6.85. The first-order valence-corrected chi connectivity index (χ1v) is 9.53. The van der Waals surface area contributed by atoms with Gasteiger partial charge in [0.05, 0.1) is 16.7 Å². The van der Waals surface area contributed by atoms with E-state index in [1.807, 2.05) is 36.4 Å². The SMILES string of the molecule is N#Cc1cnn(-c2ccc3ccccc3n2)c1NC(=O)COc1ccc(Cl)cc1Cl. The number of carbonyl (C=O) groups excluding carboxylic acids is 1. The van der Waals surface area contributed by atoms with Gasteiger partial charge in [0.25, 0.3) is 5.91 Å². The van der Waals surface area contributed by atoms with Gasteiger partial charge in [0, 0.05) is 10.4 Å². The second-order valence-corrected chi connectivity index (χ2v) is 7.05. The first kappa shape index (κ1) is 19.7. The van der Waals surface area contributed by atoms with Gasteiger partial charge in [0.2, 0.25) is 0 Å². The summed E-state index contributed by atoms with van der Waals surface area (Å²) in [4.78, 5) is 17.0. The molecular weight excluding hydrogens is 425 g/mol. The Morgan fingerprint density at radius 1 is 1.17 bits per heavy atom. The maximum atomic E-state index is 12.4. The molecule has 0 atom stereocenters. The van der Waals surface area contributed by atoms with Crippen LogP contribution < -0.4 is 10.1 Å². The molecular formula is C21H13Cl2N5O2. The zero-order valence-corrected chi connectivity index (χ0v) is 16.9. The van der Waals surface area contributed by atoms with E-state index in [0.29, 0.717) is 21.6 Å². The highest BCUT2D eigenvalue weighted by Crippen LogP contribution is 2.27. The number of anilines is 1. The summed E-state index contributed by atoms with van der Waals surface area (Å²) in [6.07, 6.45) is 1.36. The number of ether oxygens (including phenoxy) is 1. The van der Waals surface area contributed by atoms with E-state index in [0.717, 1.165) is 10.9 Å². The van der Waals surface area contributed by atoms with Crippen molar-refractivity contribution in [1.29, 1.82) is 5.26 Å². The summed E-state index contributed by atoms with van der Waals surface area (Å²) in [5.41, 5.74) is 0.963. The third kappa shape index (κ3) is 4.06. The number of rotatable bonds is 5. The largest absolute Gasteiger partial charge is 0.482 e. The summed E-state index contributed by atoms with van der Waals surface area (Å²) in [5, 5.41) is 18.0. The summed E-state index contributed by atoms with van der Waals surface area (Å²) in [6.45, 7) is -0.317. The van der Waals surface area contributed by atoms with Gasteiger partial charge in [-0.05, 0) is 36.4 Å². The minimum atomic E-state index is -0.486. The number of halogens is 2. The number of nitriles is 1. The smallest absolute Gasteiger partial charge is 0.263 e. The lowest BCUT2D eigenvalue weighted by Crippen LogP contribution is -2.22. The highest BCUT2D eigenvalue weighted by Gasteiger charge is 2.17. The number of carbonyl (C=O) groups is 1. The van der Waals surface area contributed by atoms with Crippen LogP contribution in [-0.2, 0) is 4.79 Å². The zero-order chi connectivity index (χ0) is 21.1. The van der Waals surface area contributed by atoms with Crippen molar-refractivity contribution < 1.29 is 9.53 Å². The summed E-state index contributed by atoms with van der Waals surface area (Å²) in [5.74, 6) is 0.504. The van der Waals surface area contributed by atoms with Crippen LogP contribution in [-0.4, -0.2) is 27.3 Å². The van der Waals surface area contributed by atoms with Crippen LogP contribution in [0, 0.1) is 11.3 Å². The maximum Gasteiger partial charge on any atom is 0.263 e. The van der Waals surface area contributed by atoms with Crippen LogP contribution in [0.15, 0.2) is 60.8 Å². The molecule has 0 radical (unpaired) electrons. The van der Waals surface area contributed by atoms with Gasteiger partial charge in [-0.25, -0.2) is 4.98 Å². The van der Waals surface area contributed by atoms with E-state index in [-0.39, 0.29) is 18.0 Å². The maximum absolute atomic E-state index is 12.4. The molecule has 0 aliphatic heterocycles. The van der Waals surface area contributed by atoms with Crippen molar-refractivity contribution in [3.05, 3.63) is 76.4 Å². The highest BCUT2D eigenvalue weighted by atomic mass is 35.5. The molecule has 9 heteroatoms. The second kappa shape index (κ2) is 8.41. The number of benzene rings is 2.